The molecular weight excluding hydrogens is 573 g/mol. The lowest BCUT2D eigenvalue weighted by atomic mass is 9.79. The van der Waals surface area contributed by atoms with Gasteiger partial charge < -0.3 is 20.4 Å². The monoisotopic (exact) mass is 603 g/mol. The number of aliphatic hydroxyl groups excluding tert-OH is 3. The molecule has 2 fully saturated rings. The lowest BCUT2D eigenvalue weighted by Crippen LogP contribution is -2.53. The van der Waals surface area contributed by atoms with E-state index in [9.17, 15) is 42.4 Å². The van der Waals surface area contributed by atoms with Crippen molar-refractivity contribution in [3.63, 3.8) is 0 Å². The van der Waals surface area contributed by atoms with E-state index >= 15 is 0 Å². The third-order valence-electron chi connectivity index (χ3n) is 8.11. The molecule has 0 spiro atoms. The summed E-state index contributed by atoms with van der Waals surface area (Å²) in [6.45, 7) is 1.10. The van der Waals surface area contributed by atoms with E-state index in [0.29, 0.717) is 11.4 Å². The molecule has 1 aliphatic carbocycles. The average Bonchev–Trinajstić information content (AvgIpc) is 3.40. The maximum atomic E-state index is 14.1. The van der Waals surface area contributed by atoms with Gasteiger partial charge in [0.1, 0.15) is 11.7 Å². The van der Waals surface area contributed by atoms with Gasteiger partial charge in [-0.1, -0.05) is 5.21 Å². The number of aryl methyl sites for hydroxylation is 1. The molecule has 5 rings (SSSR count). The number of alkyl halides is 2. The van der Waals surface area contributed by atoms with Crippen LogP contribution in [0.2, 0.25) is 0 Å². The number of halogens is 5. The Labute approximate surface area is 234 Å². The van der Waals surface area contributed by atoms with Crippen LogP contribution in [0.25, 0.3) is 11.3 Å². The molecule has 9 nitrogen and oxygen atoms in total. The van der Waals surface area contributed by atoms with Crippen LogP contribution >= 0.6 is 10.9 Å². The first kappa shape index (κ1) is 29.8. The van der Waals surface area contributed by atoms with Crippen LogP contribution in [0.4, 0.5) is 22.0 Å². The summed E-state index contributed by atoms with van der Waals surface area (Å²) in [6, 6.07) is 0.313. The van der Waals surface area contributed by atoms with Crippen LogP contribution in [0.1, 0.15) is 48.4 Å². The lowest BCUT2D eigenvalue weighted by molar-refractivity contribution is -0.105. The number of benzene rings is 1. The molecule has 224 valence electrons. The first-order chi connectivity index (χ1) is 19.3. The van der Waals surface area contributed by atoms with Gasteiger partial charge in [0.05, 0.1) is 47.3 Å². The number of hydrogen-bond acceptors (Lipinski definition) is 8. The maximum Gasteiger partial charge on any atom is 0.248 e. The summed E-state index contributed by atoms with van der Waals surface area (Å²) in [5.41, 5.74) is -1.02. The van der Waals surface area contributed by atoms with Crippen molar-refractivity contribution in [1.82, 2.24) is 25.0 Å². The summed E-state index contributed by atoms with van der Waals surface area (Å²) in [5, 5.41) is 51.0. The molecule has 2 aromatic heterocycles. The molecule has 1 saturated carbocycles. The fourth-order valence-electron chi connectivity index (χ4n) is 5.94. The smallest absolute Gasteiger partial charge is 0.248 e. The van der Waals surface area contributed by atoms with Crippen LogP contribution in [0, 0.1) is 24.4 Å². The highest BCUT2D eigenvalue weighted by atomic mass is 32.2. The third-order valence-corrected chi connectivity index (χ3v) is 11.6. The SMILES string of the molecule is Cc1nccnc1C([SH]1C[C@H](O)[C@H](n2cc(-c3cc(F)c(F)c(F)c3)nn2)[C@@H](O)[C@H]1CO)C1(O)CCC(F)(F)CC1. The molecule has 1 aliphatic heterocycles. The fourth-order valence-corrected chi connectivity index (χ4v) is 9.67. The zero-order valence-electron chi connectivity index (χ0n) is 21.9. The molecule has 6 atom stereocenters. The first-order valence-corrected chi connectivity index (χ1v) is 14.7. The Morgan fingerprint density at radius 3 is 2.29 bits per heavy atom. The summed E-state index contributed by atoms with van der Waals surface area (Å²) >= 11 is 0. The van der Waals surface area contributed by atoms with Crippen molar-refractivity contribution in [2.24, 2.45) is 0 Å². The van der Waals surface area contributed by atoms with Crippen molar-refractivity contribution in [2.75, 3.05) is 12.4 Å². The van der Waals surface area contributed by atoms with Crippen molar-refractivity contribution in [1.29, 1.82) is 0 Å². The molecule has 0 amide bonds. The number of thiol groups is 1. The second-order valence-corrected chi connectivity index (χ2v) is 13.3. The molecule has 0 bridgehead atoms. The quantitative estimate of drug-likeness (QED) is 0.165. The molecule has 15 heteroatoms. The van der Waals surface area contributed by atoms with E-state index in [1.54, 1.807) is 6.92 Å². The van der Waals surface area contributed by atoms with E-state index in [2.05, 4.69) is 20.3 Å². The minimum atomic E-state index is -2.93. The van der Waals surface area contributed by atoms with Crippen LogP contribution in [-0.2, 0) is 0 Å². The van der Waals surface area contributed by atoms with Crippen LogP contribution in [0.15, 0.2) is 30.7 Å². The summed E-state index contributed by atoms with van der Waals surface area (Å²) in [4.78, 5) is 8.66. The summed E-state index contributed by atoms with van der Waals surface area (Å²) in [5.74, 6) is -7.47. The minimum Gasteiger partial charge on any atom is -0.395 e. The molecule has 0 radical (unpaired) electrons. The van der Waals surface area contributed by atoms with E-state index in [-0.39, 0.29) is 29.9 Å². The summed E-state index contributed by atoms with van der Waals surface area (Å²) in [7, 11) is -1.69. The van der Waals surface area contributed by atoms with Crippen molar-refractivity contribution in [2.45, 2.75) is 72.9 Å². The normalized spacial score (nSPS) is 29.3. The van der Waals surface area contributed by atoms with Crippen molar-refractivity contribution >= 4 is 10.9 Å². The van der Waals surface area contributed by atoms with E-state index in [1.165, 1.54) is 18.6 Å². The predicted molar refractivity (Wildman–Crippen MR) is 139 cm³/mol. The van der Waals surface area contributed by atoms with E-state index < -0.39 is 88.1 Å². The van der Waals surface area contributed by atoms with Crippen LogP contribution in [0.5, 0.6) is 0 Å². The Balaban J connectivity index is 1.49. The van der Waals surface area contributed by atoms with Gasteiger partial charge in [0.25, 0.3) is 0 Å². The van der Waals surface area contributed by atoms with Gasteiger partial charge in [0.2, 0.25) is 5.92 Å². The average molecular weight is 604 g/mol. The van der Waals surface area contributed by atoms with Gasteiger partial charge in [0, 0.05) is 41.8 Å². The Hall–Kier alpha value is -2.72. The van der Waals surface area contributed by atoms with Crippen molar-refractivity contribution in [3.8, 4) is 11.3 Å². The minimum absolute atomic E-state index is 0.0311. The van der Waals surface area contributed by atoms with Gasteiger partial charge in [-0.25, -0.2) is 37.5 Å². The molecular formula is C26H30F5N5O4S. The Kier molecular flexibility index (Phi) is 8.11. The molecule has 2 aliphatic rings. The van der Waals surface area contributed by atoms with E-state index in [4.69, 9.17) is 0 Å². The molecule has 2 unspecified atom stereocenters. The van der Waals surface area contributed by atoms with Crippen LogP contribution in [-0.4, -0.2) is 86.7 Å². The standard InChI is InChI=1S/C26H30F5N5O4S/c1-13-21(33-7-6-32-13)24(25(40)2-4-26(30,31)5-3-25)41-12-18(38)22(23(39)19(41)11-37)36-10-17(34-35-36)14-8-15(27)20(29)16(28)9-14/h6-10,18-19,22-24,37-41H,2-5,11-12H2,1H3/t18-,19+,22-,23-,24?/m0/s1. The number of aliphatic hydroxyl groups is 4. The lowest BCUT2D eigenvalue weighted by Gasteiger charge is -2.53. The second-order valence-electron chi connectivity index (χ2n) is 10.7. The highest BCUT2D eigenvalue weighted by Gasteiger charge is 2.54. The molecule has 4 N–H and O–H groups in total. The van der Waals surface area contributed by atoms with Gasteiger partial charge in [0.15, 0.2) is 17.5 Å². The van der Waals surface area contributed by atoms with Crippen molar-refractivity contribution < 1.29 is 42.4 Å². The zero-order chi connectivity index (χ0) is 29.7. The third kappa shape index (κ3) is 5.57. The van der Waals surface area contributed by atoms with Gasteiger partial charge in [-0.15, -0.1) is 5.10 Å². The largest absolute Gasteiger partial charge is 0.395 e. The van der Waals surface area contributed by atoms with E-state index in [0.717, 1.165) is 16.8 Å². The molecule has 1 aromatic carbocycles. The van der Waals surface area contributed by atoms with Gasteiger partial charge >= 0.3 is 0 Å². The molecule has 41 heavy (non-hydrogen) atoms. The van der Waals surface area contributed by atoms with Gasteiger partial charge in [-0.05, 0) is 31.9 Å². The summed E-state index contributed by atoms with van der Waals surface area (Å²) in [6.07, 6.45) is -0.243. The topological polar surface area (TPSA) is 137 Å². The molecule has 3 aromatic rings. The number of hydrogen-bond donors (Lipinski definition) is 5. The van der Waals surface area contributed by atoms with Crippen LogP contribution < -0.4 is 0 Å². The highest BCUT2D eigenvalue weighted by molar-refractivity contribution is 8.18. The van der Waals surface area contributed by atoms with E-state index in [1.807, 2.05) is 0 Å². The maximum absolute atomic E-state index is 14.1. The molecule has 3 heterocycles. The van der Waals surface area contributed by atoms with Crippen molar-refractivity contribution in [3.05, 3.63) is 59.6 Å². The highest BCUT2D eigenvalue weighted by Crippen LogP contribution is 2.60. The number of aromatic nitrogens is 5. The zero-order valence-corrected chi connectivity index (χ0v) is 22.8. The summed E-state index contributed by atoms with van der Waals surface area (Å²) < 4.78 is 70.3. The Morgan fingerprint density at radius 2 is 1.68 bits per heavy atom. The Bertz CT molecular complexity index is 1380. The fraction of sp³-hybridized carbons (Fsp3) is 0.538. The first-order valence-electron chi connectivity index (χ1n) is 13.0. The Morgan fingerprint density at radius 1 is 1.05 bits per heavy atom. The van der Waals surface area contributed by atoms with Gasteiger partial charge in [-0.3, -0.25) is 9.97 Å². The predicted octanol–water partition coefficient (Wildman–Crippen LogP) is 2.78. The van der Waals surface area contributed by atoms with Gasteiger partial charge in [-0.2, -0.15) is 0 Å². The second kappa shape index (κ2) is 11.2. The number of rotatable bonds is 6. The van der Waals surface area contributed by atoms with Crippen LogP contribution in [0.3, 0.4) is 0 Å². The molecule has 1 saturated heterocycles. The number of nitrogens with zero attached hydrogens (tertiary/aromatic N) is 5.